The van der Waals surface area contributed by atoms with Crippen LogP contribution in [0.4, 0.5) is 5.69 Å². The van der Waals surface area contributed by atoms with Crippen molar-refractivity contribution in [2.45, 2.75) is 20.3 Å². The Morgan fingerprint density at radius 3 is 2.79 bits per heavy atom. The van der Waals surface area contributed by atoms with Gasteiger partial charge in [-0.2, -0.15) is 0 Å². The molecule has 0 aliphatic rings. The number of halogens is 1. The summed E-state index contributed by atoms with van der Waals surface area (Å²) >= 11 is 6.06. The van der Waals surface area contributed by atoms with Crippen LogP contribution in [0.5, 0.6) is 0 Å². The number of hydrogen-bond donors (Lipinski definition) is 2. The smallest absolute Gasteiger partial charge is 0.341 e. The van der Waals surface area contributed by atoms with E-state index in [1.165, 1.54) is 6.20 Å². The van der Waals surface area contributed by atoms with E-state index in [0.717, 1.165) is 6.42 Å². The second kappa shape index (κ2) is 8.49. The first-order chi connectivity index (χ1) is 11.6. The number of nitrogens with one attached hydrogen (secondary N) is 2. The molecule has 0 saturated carbocycles. The summed E-state index contributed by atoms with van der Waals surface area (Å²) in [4.78, 5) is 28.3. The molecule has 0 unspecified atom stereocenters. The molecule has 2 aromatic rings. The zero-order chi connectivity index (χ0) is 17.5. The number of anilines is 1. The van der Waals surface area contributed by atoms with E-state index in [9.17, 15) is 9.59 Å². The third-order valence-electron chi connectivity index (χ3n) is 3.32. The van der Waals surface area contributed by atoms with Crippen LogP contribution >= 0.6 is 11.6 Å². The predicted molar refractivity (Wildman–Crippen MR) is 94.5 cm³/mol. The summed E-state index contributed by atoms with van der Waals surface area (Å²) in [6.45, 7) is 4.61. The van der Waals surface area contributed by atoms with Crippen molar-refractivity contribution in [2.75, 3.05) is 25.0 Å². The summed E-state index contributed by atoms with van der Waals surface area (Å²) in [7, 11) is 0. The van der Waals surface area contributed by atoms with Crippen molar-refractivity contribution in [3.8, 4) is 0 Å². The van der Waals surface area contributed by atoms with Gasteiger partial charge >= 0.3 is 5.97 Å². The minimum Gasteiger partial charge on any atom is -0.462 e. The van der Waals surface area contributed by atoms with Gasteiger partial charge in [0.15, 0.2) is 0 Å². The van der Waals surface area contributed by atoms with Gasteiger partial charge in [0.25, 0.3) is 0 Å². The Balaban J connectivity index is 2.37. The number of ether oxygens (including phenoxy) is 1. The molecular formula is C17H20ClN3O3. The SMILES string of the molecule is CCCNC(=O)CNc1c(C(=O)OCC)cnc2ccc(Cl)cc12. The van der Waals surface area contributed by atoms with Crippen LogP contribution in [-0.2, 0) is 9.53 Å². The van der Waals surface area contributed by atoms with Gasteiger partial charge < -0.3 is 15.4 Å². The molecule has 1 aromatic heterocycles. The maximum absolute atomic E-state index is 12.2. The quantitative estimate of drug-likeness (QED) is 0.751. The van der Waals surface area contributed by atoms with E-state index in [1.807, 2.05) is 6.92 Å². The van der Waals surface area contributed by atoms with Crippen LogP contribution in [-0.4, -0.2) is 36.6 Å². The fraction of sp³-hybridized carbons (Fsp3) is 0.353. The fourth-order valence-corrected chi connectivity index (χ4v) is 2.39. The van der Waals surface area contributed by atoms with Crippen LogP contribution in [0.2, 0.25) is 5.02 Å². The first kappa shape index (κ1) is 18.0. The van der Waals surface area contributed by atoms with Gasteiger partial charge in [0.2, 0.25) is 5.91 Å². The highest BCUT2D eigenvalue weighted by atomic mass is 35.5. The highest BCUT2D eigenvalue weighted by Gasteiger charge is 2.17. The van der Waals surface area contributed by atoms with E-state index in [0.29, 0.717) is 28.2 Å². The number of rotatable bonds is 7. The number of carbonyl (C=O) groups is 2. The molecule has 1 heterocycles. The predicted octanol–water partition coefficient (Wildman–Crippen LogP) is 3.00. The number of nitrogens with zero attached hydrogens (tertiary/aromatic N) is 1. The molecule has 0 aliphatic heterocycles. The van der Waals surface area contributed by atoms with Crippen LogP contribution < -0.4 is 10.6 Å². The minimum absolute atomic E-state index is 0.0397. The molecule has 1 amide bonds. The number of pyridine rings is 1. The molecule has 0 saturated heterocycles. The van der Waals surface area contributed by atoms with Crippen molar-refractivity contribution < 1.29 is 14.3 Å². The first-order valence-electron chi connectivity index (χ1n) is 7.82. The highest BCUT2D eigenvalue weighted by molar-refractivity contribution is 6.31. The monoisotopic (exact) mass is 349 g/mol. The van der Waals surface area contributed by atoms with Gasteiger partial charge in [0.1, 0.15) is 5.56 Å². The molecule has 0 bridgehead atoms. The molecule has 6 nitrogen and oxygen atoms in total. The normalized spacial score (nSPS) is 10.5. The lowest BCUT2D eigenvalue weighted by Crippen LogP contribution is -2.30. The molecule has 7 heteroatoms. The number of amides is 1. The molecule has 0 aliphatic carbocycles. The number of benzene rings is 1. The van der Waals surface area contributed by atoms with Crippen molar-refractivity contribution in [1.82, 2.24) is 10.3 Å². The number of esters is 1. The second-order valence-electron chi connectivity index (χ2n) is 5.13. The van der Waals surface area contributed by atoms with Gasteiger partial charge in [-0.05, 0) is 31.5 Å². The highest BCUT2D eigenvalue weighted by Crippen LogP contribution is 2.28. The van der Waals surface area contributed by atoms with Gasteiger partial charge in [-0.15, -0.1) is 0 Å². The lowest BCUT2D eigenvalue weighted by atomic mass is 10.1. The molecule has 24 heavy (non-hydrogen) atoms. The van der Waals surface area contributed by atoms with E-state index >= 15 is 0 Å². The van der Waals surface area contributed by atoms with Crippen LogP contribution in [0.25, 0.3) is 10.9 Å². The molecular weight excluding hydrogens is 330 g/mol. The molecule has 0 radical (unpaired) electrons. The number of carbonyl (C=O) groups excluding carboxylic acids is 2. The Morgan fingerprint density at radius 2 is 2.08 bits per heavy atom. The second-order valence-corrected chi connectivity index (χ2v) is 5.57. The van der Waals surface area contributed by atoms with Crippen LogP contribution in [0.1, 0.15) is 30.6 Å². The van der Waals surface area contributed by atoms with Crippen LogP contribution in [0.3, 0.4) is 0 Å². The Bertz CT molecular complexity index is 749. The third-order valence-corrected chi connectivity index (χ3v) is 3.56. The number of aromatic nitrogens is 1. The largest absolute Gasteiger partial charge is 0.462 e. The van der Waals surface area contributed by atoms with Gasteiger partial charge in [-0.25, -0.2) is 4.79 Å². The van der Waals surface area contributed by atoms with Crippen molar-refractivity contribution >= 4 is 40.1 Å². The van der Waals surface area contributed by atoms with E-state index in [1.54, 1.807) is 25.1 Å². The van der Waals surface area contributed by atoms with Gasteiger partial charge in [-0.1, -0.05) is 18.5 Å². The lowest BCUT2D eigenvalue weighted by molar-refractivity contribution is -0.119. The molecule has 0 atom stereocenters. The fourth-order valence-electron chi connectivity index (χ4n) is 2.21. The number of fused-ring (bicyclic) bond motifs is 1. The Kier molecular flexibility index (Phi) is 6.37. The van der Waals surface area contributed by atoms with Gasteiger partial charge in [0.05, 0.1) is 24.4 Å². The maximum Gasteiger partial charge on any atom is 0.341 e. The van der Waals surface area contributed by atoms with Crippen LogP contribution in [0, 0.1) is 0 Å². The standard InChI is InChI=1S/C17H20ClN3O3/c1-3-7-19-15(22)10-21-16-12-8-11(18)5-6-14(12)20-9-13(16)17(23)24-4-2/h5-6,8-9H,3-4,7,10H2,1-2H3,(H,19,22)(H,20,21). The van der Waals surface area contributed by atoms with E-state index in [4.69, 9.17) is 16.3 Å². The zero-order valence-electron chi connectivity index (χ0n) is 13.7. The van der Waals surface area contributed by atoms with E-state index < -0.39 is 5.97 Å². The summed E-state index contributed by atoms with van der Waals surface area (Å²) in [6.07, 6.45) is 2.30. The van der Waals surface area contributed by atoms with Crippen molar-refractivity contribution in [3.05, 3.63) is 35.0 Å². The molecule has 2 N–H and O–H groups in total. The molecule has 0 fully saturated rings. The molecule has 0 spiro atoms. The Morgan fingerprint density at radius 1 is 1.29 bits per heavy atom. The minimum atomic E-state index is -0.497. The van der Waals surface area contributed by atoms with E-state index in [2.05, 4.69) is 15.6 Å². The van der Waals surface area contributed by atoms with Gasteiger partial charge in [-0.3, -0.25) is 9.78 Å². The average Bonchev–Trinajstić information content (AvgIpc) is 2.57. The Hall–Kier alpha value is -2.34. The maximum atomic E-state index is 12.2. The summed E-state index contributed by atoms with van der Waals surface area (Å²) in [6, 6.07) is 5.19. The third kappa shape index (κ3) is 4.35. The van der Waals surface area contributed by atoms with E-state index in [-0.39, 0.29) is 24.6 Å². The van der Waals surface area contributed by atoms with Crippen LogP contribution in [0.15, 0.2) is 24.4 Å². The summed E-state index contributed by atoms with van der Waals surface area (Å²) in [5, 5.41) is 6.98. The van der Waals surface area contributed by atoms with Crippen molar-refractivity contribution in [1.29, 1.82) is 0 Å². The zero-order valence-corrected chi connectivity index (χ0v) is 14.4. The molecule has 128 valence electrons. The average molecular weight is 350 g/mol. The van der Waals surface area contributed by atoms with Crippen molar-refractivity contribution in [2.24, 2.45) is 0 Å². The van der Waals surface area contributed by atoms with Gasteiger partial charge in [0, 0.05) is 23.2 Å². The summed E-state index contributed by atoms with van der Waals surface area (Å²) in [5.41, 5.74) is 1.44. The molecule has 2 rings (SSSR count). The first-order valence-corrected chi connectivity index (χ1v) is 8.20. The lowest BCUT2D eigenvalue weighted by Gasteiger charge is -2.14. The Labute approximate surface area is 145 Å². The summed E-state index contributed by atoms with van der Waals surface area (Å²) in [5.74, 6) is -0.651. The van der Waals surface area contributed by atoms with Crippen molar-refractivity contribution in [3.63, 3.8) is 0 Å². The molecule has 1 aromatic carbocycles. The topological polar surface area (TPSA) is 80.3 Å². The number of hydrogen-bond acceptors (Lipinski definition) is 5. The summed E-state index contributed by atoms with van der Waals surface area (Å²) < 4.78 is 5.07.